The quantitative estimate of drug-likeness (QED) is 0.594. The molecule has 0 aliphatic rings. The smallest absolute Gasteiger partial charge is 0.342 e. The van der Waals surface area contributed by atoms with Crippen molar-refractivity contribution in [2.24, 2.45) is 0 Å². The van der Waals surface area contributed by atoms with Crippen molar-refractivity contribution in [3.8, 4) is 5.75 Å². The molecule has 1 aromatic carbocycles. The number of ether oxygens (including phenoxy) is 2. The van der Waals surface area contributed by atoms with Gasteiger partial charge >= 0.3 is 5.97 Å². The van der Waals surface area contributed by atoms with Crippen molar-refractivity contribution in [1.82, 2.24) is 0 Å². The van der Waals surface area contributed by atoms with Gasteiger partial charge in [0, 0.05) is 11.8 Å². The van der Waals surface area contributed by atoms with Gasteiger partial charge in [-0.05, 0) is 31.5 Å². The summed E-state index contributed by atoms with van der Waals surface area (Å²) in [5.74, 6) is 0.948. The first-order valence-corrected chi connectivity index (χ1v) is 6.58. The molecule has 0 saturated heterocycles. The molecule has 20 heavy (non-hydrogen) atoms. The van der Waals surface area contributed by atoms with Crippen molar-refractivity contribution >= 4 is 16.9 Å². The van der Waals surface area contributed by atoms with E-state index >= 15 is 0 Å². The van der Waals surface area contributed by atoms with Crippen LogP contribution in [-0.2, 0) is 11.2 Å². The lowest BCUT2D eigenvalue weighted by molar-refractivity contribution is 0.0526. The molecule has 0 spiro atoms. The van der Waals surface area contributed by atoms with E-state index in [9.17, 15) is 4.79 Å². The average molecular weight is 274 g/mol. The highest BCUT2D eigenvalue weighted by Crippen LogP contribution is 2.30. The van der Waals surface area contributed by atoms with Gasteiger partial charge in [-0.2, -0.15) is 0 Å². The van der Waals surface area contributed by atoms with Crippen molar-refractivity contribution in [3.05, 3.63) is 42.2 Å². The van der Waals surface area contributed by atoms with Crippen LogP contribution in [0.4, 0.5) is 0 Å². The van der Waals surface area contributed by atoms with E-state index in [1.807, 2.05) is 0 Å². The Morgan fingerprint density at radius 3 is 2.90 bits per heavy atom. The largest absolute Gasteiger partial charge is 0.497 e. The zero-order valence-electron chi connectivity index (χ0n) is 11.8. The summed E-state index contributed by atoms with van der Waals surface area (Å²) < 4.78 is 16.1. The second-order valence-electron chi connectivity index (χ2n) is 4.31. The molecule has 0 aliphatic carbocycles. The highest BCUT2D eigenvalue weighted by atomic mass is 16.5. The van der Waals surface area contributed by atoms with E-state index in [1.165, 1.54) is 0 Å². The lowest BCUT2D eigenvalue weighted by Crippen LogP contribution is -2.06. The maximum Gasteiger partial charge on any atom is 0.342 e. The van der Waals surface area contributed by atoms with Gasteiger partial charge in [0.15, 0.2) is 0 Å². The third kappa shape index (κ3) is 2.69. The van der Waals surface area contributed by atoms with Crippen LogP contribution in [0.25, 0.3) is 11.0 Å². The Hall–Kier alpha value is -2.23. The van der Waals surface area contributed by atoms with Crippen molar-refractivity contribution in [2.75, 3.05) is 13.7 Å². The first kappa shape index (κ1) is 14.2. The fourth-order valence-electron chi connectivity index (χ4n) is 2.09. The van der Waals surface area contributed by atoms with E-state index in [2.05, 4.69) is 6.58 Å². The number of rotatable bonds is 6. The van der Waals surface area contributed by atoms with E-state index in [0.717, 1.165) is 11.8 Å². The third-order valence-electron chi connectivity index (χ3n) is 3.02. The van der Waals surface area contributed by atoms with Gasteiger partial charge in [-0.25, -0.2) is 4.79 Å². The molecular formula is C16H18O4. The number of carbonyl (C=O) groups is 1. The molecule has 0 unspecified atom stereocenters. The minimum Gasteiger partial charge on any atom is -0.497 e. The first-order chi connectivity index (χ1) is 9.71. The first-order valence-electron chi connectivity index (χ1n) is 6.58. The Balaban J connectivity index is 2.55. The van der Waals surface area contributed by atoms with Gasteiger partial charge in [0.2, 0.25) is 0 Å². The monoisotopic (exact) mass is 274 g/mol. The van der Waals surface area contributed by atoms with Gasteiger partial charge in [-0.1, -0.05) is 6.08 Å². The molecule has 1 aromatic heterocycles. The number of aryl methyl sites for hydroxylation is 1. The normalized spacial score (nSPS) is 10.5. The van der Waals surface area contributed by atoms with E-state index < -0.39 is 0 Å². The van der Waals surface area contributed by atoms with E-state index in [0.29, 0.717) is 35.7 Å². The number of furan rings is 1. The molecular weight excluding hydrogens is 256 g/mol. The van der Waals surface area contributed by atoms with Crippen LogP contribution in [0.1, 0.15) is 29.5 Å². The maximum atomic E-state index is 12.2. The number of allylic oxidation sites excluding steroid dienone is 1. The van der Waals surface area contributed by atoms with Crippen LogP contribution >= 0.6 is 0 Å². The summed E-state index contributed by atoms with van der Waals surface area (Å²) in [5.41, 5.74) is 1.15. The highest BCUT2D eigenvalue weighted by Gasteiger charge is 2.21. The second kappa shape index (κ2) is 6.28. The van der Waals surface area contributed by atoms with Crippen molar-refractivity contribution in [2.45, 2.75) is 19.8 Å². The molecule has 0 bridgehead atoms. The minimum absolute atomic E-state index is 0.330. The topological polar surface area (TPSA) is 48.7 Å². The van der Waals surface area contributed by atoms with E-state index in [4.69, 9.17) is 13.9 Å². The third-order valence-corrected chi connectivity index (χ3v) is 3.02. The van der Waals surface area contributed by atoms with Crippen LogP contribution in [0.2, 0.25) is 0 Å². The molecule has 0 N–H and O–H groups in total. The van der Waals surface area contributed by atoms with Gasteiger partial charge in [0.05, 0.1) is 13.7 Å². The summed E-state index contributed by atoms with van der Waals surface area (Å²) >= 11 is 0. The summed E-state index contributed by atoms with van der Waals surface area (Å²) in [6.07, 6.45) is 3.15. The molecule has 4 heteroatoms. The standard InChI is InChI=1S/C16H18O4/c1-4-6-7-14-15(16(17)19-5-2)12-10-11(18-3)8-9-13(12)20-14/h4,8-10H,1,5-7H2,2-3H3. The summed E-state index contributed by atoms with van der Waals surface area (Å²) in [6.45, 7) is 5.80. The van der Waals surface area contributed by atoms with Crippen LogP contribution in [-0.4, -0.2) is 19.7 Å². The number of fused-ring (bicyclic) bond motifs is 1. The Morgan fingerprint density at radius 1 is 1.45 bits per heavy atom. The summed E-state index contributed by atoms with van der Waals surface area (Å²) in [5, 5.41) is 0.724. The fraction of sp³-hybridized carbons (Fsp3) is 0.312. The second-order valence-corrected chi connectivity index (χ2v) is 4.31. The zero-order valence-corrected chi connectivity index (χ0v) is 11.8. The van der Waals surface area contributed by atoms with Gasteiger partial charge in [0.25, 0.3) is 0 Å². The lowest BCUT2D eigenvalue weighted by atomic mass is 10.1. The summed E-state index contributed by atoms with van der Waals surface area (Å²) in [4.78, 5) is 12.2. The lowest BCUT2D eigenvalue weighted by Gasteiger charge is -2.03. The predicted molar refractivity (Wildman–Crippen MR) is 77.2 cm³/mol. The molecule has 2 rings (SSSR count). The van der Waals surface area contributed by atoms with Crippen molar-refractivity contribution < 1.29 is 18.7 Å². The highest BCUT2D eigenvalue weighted by molar-refractivity contribution is 6.05. The summed E-state index contributed by atoms with van der Waals surface area (Å²) in [6, 6.07) is 5.40. The van der Waals surface area contributed by atoms with E-state index in [-0.39, 0.29) is 5.97 Å². The molecule has 0 atom stereocenters. The van der Waals surface area contributed by atoms with Crippen LogP contribution < -0.4 is 4.74 Å². The molecule has 0 amide bonds. The number of benzene rings is 1. The SMILES string of the molecule is C=CCCc1oc2ccc(OC)cc2c1C(=O)OCC. The Morgan fingerprint density at radius 2 is 2.25 bits per heavy atom. The van der Waals surface area contributed by atoms with Crippen LogP contribution in [0.5, 0.6) is 5.75 Å². The number of esters is 1. The molecule has 0 radical (unpaired) electrons. The Labute approximate surface area is 118 Å². The van der Waals surface area contributed by atoms with Gasteiger partial charge < -0.3 is 13.9 Å². The van der Waals surface area contributed by atoms with Crippen LogP contribution in [0.15, 0.2) is 35.3 Å². The average Bonchev–Trinajstić information content (AvgIpc) is 2.82. The number of carbonyl (C=O) groups excluding carboxylic acids is 1. The van der Waals surface area contributed by atoms with Crippen molar-refractivity contribution in [3.63, 3.8) is 0 Å². The Kier molecular flexibility index (Phi) is 4.45. The Bertz CT molecular complexity index is 625. The zero-order chi connectivity index (χ0) is 14.5. The maximum absolute atomic E-state index is 12.2. The number of hydrogen-bond acceptors (Lipinski definition) is 4. The van der Waals surface area contributed by atoms with Gasteiger partial charge in [0.1, 0.15) is 22.7 Å². The number of hydrogen-bond donors (Lipinski definition) is 0. The van der Waals surface area contributed by atoms with Crippen LogP contribution in [0, 0.1) is 0 Å². The molecule has 0 saturated carbocycles. The molecule has 2 aromatic rings. The molecule has 4 nitrogen and oxygen atoms in total. The summed E-state index contributed by atoms with van der Waals surface area (Å²) in [7, 11) is 1.59. The predicted octanol–water partition coefficient (Wildman–Crippen LogP) is 3.74. The fourth-order valence-corrected chi connectivity index (χ4v) is 2.09. The molecule has 1 heterocycles. The van der Waals surface area contributed by atoms with Crippen LogP contribution in [0.3, 0.4) is 0 Å². The van der Waals surface area contributed by atoms with Gasteiger partial charge in [-0.15, -0.1) is 6.58 Å². The molecule has 0 aliphatic heterocycles. The number of methoxy groups -OCH3 is 1. The van der Waals surface area contributed by atoms with Gasteiger partial charge in [-0.3, -0.25) is 0 Å². The molecule has 106 valence electrons. The van der Waals surface area contributed by atoms with E-state index in [1.54, 1.807) is 38.3 Å². The molecule has 0 fully saturated rings. The van der Waals surface area contributed by atoms with Crippen molar-refractivity contribution in [1.29, 1.82) is 0 Å². The minimum atomic E-state index is -0.362.